The smallest absolute Gasteiger partial charge is 0.153 e. The molecule has 1 rings (SSSR count). The van der Waals surface area contributed by atoms with Crippen molar-refractivity contribution in [3.05, 3.63) is 17.5 Å². The van der Waals surface area contributed by atoms with Crippen LogP contribution >= 0.6 is 0 Å². The van der Waals surface area contributed by atoms with Gasteiger partial charge in [-0.2, -0.15) is 5.10 Å². The molecule has 0 saturated carbocycles. The second-order valence-corrected chi connectivity index (χ2v) is 2.53. The summed E-state index contributed by atoms with van der Waals surface area (Å²) in [6.07, 6.45) is 3.11. The molecule has 0 aliphatic carbocycles. The van der Waals surface area contributed by atoms with Gasteiger partial charge in [0, 0.05) is 20.6 Å². The van der Waals surface area contributed by atoms with Gasteiger partial charge in [0.2, 0.25) is 0 Å². The van der Waals surface area contributed by atoms with Gasteiger partial charge in [0.25, 0.3) is 0 Å². The highest BCUT2D eigenvalue weighted by Gasteiger charge is 2.06. The van der Waals surface area contributed by atoms with E-state index in [0.29, 0.717) is 12.2 Å². The molecule has 0 saturated heterocycles. The Hall–Kier alpha value is -1.16. The highest BCUT2D eigenvalue weighted by Crippen LogP contribution is 2.05. The van der Waals surface area contributed by atoms with E-state index in [1.165, 1.54) is 0 Å². The van der Waals surface area contributed by atoms with Crippen LogP contribution in [0.2, 0.25) is 0 Å². The van der Waals surface area contributed by atoms with Crippen LogP contribution in [-0.4, -0.2) is 29.8 Å². The van der Waals surface area contributed by atoms with Gasteiger partial charge in [0.05, 0.1) is 24.1 Å². The van der Waals surface area contributed by atoms with Crippen LogP contribution in [-0.2, 0) is 18.2 Å². The molecule has 4 nitrogen and oxygen atoms in total. The van der Waals surface area contributed by atoms with Crippen LogP contribution in [0.25, 0.3) is 0 Å². The van der Waals surface area contributed by atoms with Gasteiger partial charge < -0.3 is 4.74 Å². The van der Waals surface area contributed by atoms with Gasteiger partial charge in [-0.1, -0.05) is 0 Å². The fourth-order valence-corrected chi connectivity index (χ4v) is 1.08. The molecule has 0 aliphatic rings. The van der Waals surface area contributed by atoms with Crippen molar-refractivity contribution in [1.82, 2.24) is 9.78 Å². The first-order valence-electron chi connectivity index (χ1n) is 3.74. The summed E-state index contributed by atoms with van der Waals surface area (Å²) < 4.78 is 6.61. The molecule has 0 aliphatic heterocycles. The van der Waals surface area contributed by atoms with E-state index >= 15 is 0 Å². The number of rotatable bonds is 4. The zero-order valence-electron chi connectivity index (χ0n) is 7.28. The molecule has 0 spiro atoms. The van der Waals surface area contributed by atoms with Crippen LogP contribution in [0.4, 0.5) is 0 Å². The van der Waals surface area contributed by atoms with Crippen LogP contribution in [0.3, 0.4) is 0 Å². The average molecular weight is 168 g/mol. The third-order valence-electron chi connectivity index (χ3n) is 1.76. The lowest BCUT2D eigenvalue weighted by molar-refractivity contribution is 0.112. The third-order valence-corrected chi connectivity index (χ3v) is 1.76. The molecule has 4 heteroatoms. The van der Waals surface area contributed by atoms with Gasteiger partial charge in [0.1, 0.15) is 0 Å². The number of aryl methyl sites for hydroxylation is 1. The second kappa shape index (κ2) is 4.01. The van der Waals surface area contributed by atoms with Crippen molar-refractivity contribution in [2.45, 2.75) is 6.42 Å². The van der Waals surface area contributed by atoms with Crippen LogP contribution in [0.15, 0.2) is 6.20 Å². The van der Waals surface area contributed by atoms with E-state index in [2.05, 4.69) is 5.10 Å². The molecule has 12 heavy (non-hydrogen) atoms. The minimum absolute atomic E-state index is 0.611. The maximum atomic E-state index is 10.5. The molecule has 0 aromatic carbocycles. The van der Waals surface area contributed by atoms with E-state index in [4.69, 9.17) is 4.74 Å². The van der Waals surface area contributed by atoms with Gasteiger partial charge in [-0.15, -0.1) is 0 Å². The number of aromatic nitrogens is 2. The van der Waals surface area contributed by atoms with Crippen LogP contribution in [0.1, 0.15) is 16.1 Å². The predicted molar refractivity (Wildman–Crippen MR) is 44.2 cm³/mol. The molecular weight excluding hydrogens is 156 g/mol. The van der Waals surface area contributed by atoms with Crippen LogP contribution < -0.4 is 0 Å². The summed E-state index contributed by atoms with van der Waals surface area (Å²) in [5, 5.41) is 3.97. The second-order valence-electron chi connectivity index (χ2n) is 2.53. The molecule has 0 bridgehead atoms. The van der Waals surface area contributed by atoms with Gasteiger partial charge in [-0.25, -0.2) is 0 Å². The van der Waals surface area contributed by atoms with Crippen molar-refractivity contribution in [2.75, 3.05) is 13.7 Å². The Balaban J connectivity index is 2.79. The van der Waals surface area contributed by atoms with Gasteiger partial charge in [0.15, 0.2) is 6.29 Å². The molecule has 0 radical (unpaired) electrons. The van der Waals surface area contributed by atoms with E-state index in [1.54, 1.807) is 18.0 Å². The van der Waals surface area contributed by atoms with E-state index in [0.717, 1.165) is 18.4 Å². The Morgan fingerprint density at radius 2 is 2.50 bits per heavy atom. The minimum atomic E-state index is 0.611. The van der Waals surface area contributed by atoms with E-state index in [1.807, 2.05) is 7.05 Å². The summed E-state index contributed by atoms with van der Waals surface area (Å²) >= 11 is 0. The Bertz CT molecular complexity index is 268. The Kier molecular flexibility index (Phi) is 2.99. The zero-order valence-corrected chi connectivity index (χ0v) is 7.28. The number of carbonyl (C=O) groups excluding carboxylic acids is 1. The molecule has 66 valence electrons. The first-order valence-corrected chi connectivity index (χ1v) is 3.74. The van der Waals surface area contributed by atoms with Gasteiger partial charge in [-0.3, -0.25) is 9.48 Å². The van der Waals surface area contributed by atoms with Crippen molar-refractivity contribution in [1.29, 1.82) is 0 Å². The number of methoxy groups -OCH3 is 1. The Labute approximate surface area is 71.1 Å². The van der Waals surface area contributed by atoms with Crippen molar-refractivity contribution < 1.29 is 9.53 Å². The summed E-state index contributed by atoms with van der Waals surface area (Å²) in [6.45, 7) is 0.611. The Morgan fingerprint density at radius 1 is 1.75 bits per heavy atom. The maximum Gasteiger partial charge on any atom is 0.153 e. The average Bonchev–Trinajstić information content (AvgIpc) is 2.43. The topological polar surface area (TPSA) is 44.1 Å². The quantitative estimate of drug-likeness (QED) is 0.612. The molecule has 0 atom stereocenters. The highest BCUT2D eigenvalue weighted by molar-refractivity contribution is 5.75. The van der Waals surface area contributed by atoms with Crippen molar-refractivity contribution in [2.24, 2.45) is 7.05 Å². The number of hydrogen-bond acceptors (Lipinski definition) is 3. The SMILES string of the molecule is COCCc1c(C=O)cnn1C. The summed E-state index contributed by atoms with van der Waals surface area (Å²) in [7, 11) is 3.45. The molecular formula is C8H12N2O2. The van der Waals surface area contributed by atoms with Crippen LogP contribution in [0, 0.1) is 0 Å². The number of aldehydes is 1. The first kappa shape index (κ1) is 8.93. The third kappa shape index (κ3) is 1.71. The molecule has 1 aromatic rings. The maximum absolute atomic E-state index is 10.5. The standard InChI is InChI=1S/C8H12N2O2/c1-10-8(3-4-12-2)7(6-11)5-9-10/h5-6H,3-4H2,1-2H3. The number of nitrogens with zero attached hydrogens (tertiary/aromatic N) is 2. The summed E-state index contributed by atoms with van der Waals surface area (Å²) in [4.78, 5) is 10.5. The summed E-state index contributed by atoms with van der Waals surface area (Å²) in [5.74, 6) is 0. The molecule has 0 fully saturated rings. The van der Waals surface area contributed by atoms with E-state index < -0.39 is 0 Å². The largest absolute Gasteiger partial charge is 0.384 e. The lowest BCUT2D eigenvalue weighted by Crippen LogP contribution is -2.04. The Morgan fingerprint density at radius 3 is 3.08 bits per heavy atom. The van der Waals surface area contributed by atoms with Gasteiger partial charge >= 0.3 is 0 Å². The van der Waals surface area contributed by atoms with Gasteiger partial charge in [-0.05, 0) is 0 Å². The monoisotopic (exact) mass is 168 g/mol. The number of hydrogen-bond donors (Lipinski definition) is 0. The van der Waals surface area contributed by atoms with E-state index in [-0.39, 0.29) is 0 Å². The lowest BCUT2D eigenvalue weighted by Gasteiger charge is -2.01. The molecule has 0 amide bonds. The molecule has 0 N–H and O–H groups in total. The van der Waals surface area contributed by atoms with Crippen molar-refractivity contribution >= 4 is 6.29 Å². The first-order chi connectivity index (χ1) is 5.79. The molecule has 1 heterocycles. The minimum Gasteiger partial charge on any atom is -0.384 e. The van der Waals surface area contributed by atoms with Crippen molar-refractivity contribution in [3.63, 3.8) is 0 Å². The zero-order chi connectivity index (χ0) is 8.97. The summed E-state index contributed by atoms with van der Waals surface area (Å²) in [5.41, 5.74) is 1.57. The fraction of sp³-hybridized carbons (Fsp3) is 0.500. The number of ether oxygens (including phenoxy) is 1. The fourth-order valence-electron chi connectivity index (χ4n) is 1.08. The molecule has 0 unspecified atom stereocenters. The van der Waals surface area contributed by atoms with E-state index in [9.17, 15) is 4.79 Å². The van der Waals surface area contributed by atoms with Crippen LogP contribution in [0.5, 0.6) is 0 Å². The summed E-state index contributed by atoms with van der Waals surface area (Å²) in [6, 6.07) is 0. The normalized spacial score (nSPS) is 10.2. The number of carbonyl (C=O) groups is 1. The predicted octanol–water partition coefficient (Wildman–Crippen LogP) is 0.421. The lowest BCUT2D eigenvalue weighted by atomic mass is 10.2. The van der Waals surface area contributed by atoms with Crippen molar-refractivity contribution in [3.8, 4) is 0 Å². The highest BCUT2D eigenvalue weighted by atomic mass is 16.5. The molecule has 1 aromatic heterocycles.